The Kier molecular flexibility index (Phi) is 5.15. The summed E-state index contributed by atoms with van der Waals surface area (Å²) in [5, 5.41) is 2.57. The maximum Gasteiger partial charge on any atom is 0.220 e. The van der Waals surface area contributed by atoms with Crippen LogP contribution in [-0.2, 0) is 21.1 Å². The molecular weight excluding hydrogens is 252 g/mol. The summed E-state index contributed by atoms with van der Waals surface area (Å²) in [7, 11) is -3.02. The van der Waals surface area contributed by atoms with Crippen molar-refractivity contribution in [2.24, 2.45) is 0 Å². The topological polar surface area (TPSA) is 89.3 Å². The minimum absolute atomic E-state index is 0.0307. The molecule has 0 bridgehead atoms. The Morgan fingerprint density at radius 3 is 2.72 bits per heavy atom. The third kappa shape index (κ3) is 6.24. The second-order valence-electron chi connectivity index (χ2n) is 4.22. The number of hydrogen-bond donors (Lipinski definition) is 2. The highest BCUT2D eigenvalue weighted by Gasteiger charge is 2.05. The first-order valence-electron chi connectivity index (χ1n) is 5.66. The highest BCUT2D eigenvalue weighted by atomic mass is 32.2. The van der Waals surface area contributed by atoms with E-state index < -0.39 is 9.84 Å². The van der Waals surface area contributed by atoms with Gasteiger partial charge >= 0.3 is 0 Å². The lowest BCUT2D eigenvalue weighted by atomic mass is 10.1. The summed E-state index contributed by atoms with van der Waals surface area (Å²) in [5.74, 6) is -0.183. The second kappa shape index (κ2) is 6.39. The molecule has 1 rings (SSSR count). The molecule has 100 valence electrons. The van der Waals surface area contributed by atoms with Crippen LogP contribution in [0, 0.1) is 0 Å². The zero-order chi connectivity index (χ0) is 13.6. The lowest BCUT2D eigenvalue weighted by Gasteiger charge is -2.05. The summed E-state index contributed by atoms with van der Waals surface area (Å²) in [6.45, 7) is 0.161. The molecule has 0 saturated carbocycles. The van der Waals surface area contributed by atoms with Crippen LogP contribution in [0.2, 0.25) is 0 Å². The van der Waals surface area contributed by atoms with Crippen molar-refractivity contribution >= 4 is 21.4 Å². The number of nitrogen functional groups attached to an aromatic ring is 1. The van der Waals surface area contributed by atoms with E-state index in [1.807, 2.05) is 18.2 Å². The molecule has 18 heavy (non-hydrogen) atoms. The van der Waals surface area contributed by atoms with Crippen LogP contribution in [0.25, 0.3) is 0 Å². The number of rotatable bonds is 6. The van der Waals surface area contributed by atoms with Crippen molar-refractivity contribution in [3.63, 3.8) is 0 Å². The largest absolute Gasteiger partial charge is 0.399 e. The van der Waals surface area contributed by atoms with Crippen LogP contribution in [0.5, 0.6) is 0 Å². The molecule has 0 unspecified atom stereocenters. The molecule has 0 aromatic heterocycles. The lowest BCUT2D eigenvalue weighted by molar-refractivity contribution is -0.120. The number of anilines is 1. The van der Waals surface area contributed by atoms with Crippen LogP contribution >= 0.6 is 0 Å². The first-order chi connectivity index (χ1) is 8.37. The number of nitrogens with two attached hydrogens (primary N) is 1. The summed E-state index contributed by atoms with van der Waals surface area (Å²) < 4.78 is 21.7. The molecule has 6 heteroatoms. The number of aryl methyl sites for hydroxylation is 1. The third-order valence-corrected chi connectivity index (χ3v) is 3.33. The molecule has 0 atom stereocenters. The van der Waals surface area contributed by atoms with E-state index >= 15 is 0 Å². The Balaban J connectivity index is 2.29. The van der Waals surface area contributed by atoms with Crippen molar-refractivity contribution in [1.29, 1.82) is 0 Å². The van der Waals surface area contributed by atoms with Gasteiger partial charge < -0.3 is 11.1 Å². The molecule has 1 amide bonds. The highest BCUT2D eigenvalue weighted by molar-refractivity contribution is 7.90. The van der Waals surface area contributed by atoms with Crippen LogP contribution in [0.3, 0.4) is 0 Å². The number of sulfone groups is 1. The normalized spacial score (nSPS) is 11.2. The van der Waals surface area contributed by atoms with E-state index in [-0.39, 0.29) is 18.2 Å². The van der Waals surface area contributed by atoms with Gasteiger partial charge in [0, 0.05) is 24.9 Å². The molecule has 0 heterocycles. The summed E-state index contributed by atoms with van der Waals surface area (Å²) in [6.07, 6.45) is 2.06. The van der Waals surface area contributed by atoms with Gasteiger partial charge in [0.2, 0.25) is 5.91 Å². The van der Waals surface area contributed by atoms with Gasteiger partial charge in [0.25, 0.3) is 0 Å². The van der Waals surface area contributed by atoms with E-state index in [2.05, 4.69) is 5.32 Å². The number of hydrogen-bond acceptors (Lipinski definition) is 4. The maximum atomic E-state index is 11.4. The summed E-state index contributed by atoms with van der Waals surface area (Å²) in [5.41, 5.74) is 7.29. The molecule has 0 saturated heterocycles. The van der Waals surface area contributed by atoms with Gasteiger partial charge in [-0.05, 0) is 24.1 Å². The van der Waals surface area contributed by atoms with Gasteiger partial charge in [-0.15, -0.1) is 0 Å². The minimum atomic E-state index is -3.02. The van der Waals surface area contributed by atoms with E-state index in [1.54, 1.807) is 6.07 Å². The summed E-state index contributed by atoms with van der Waals surface area (Å²) in [6, 6.07) is 7.35. The predicted molar refractivity (Wildman–Crippen MR) is 71.9 cm³/mol. The van der Waals surface area contributed by atoms with E-state index in [0.29, 0.717) is 18.5 Å². The van der Waals surface area contributed by atoms with Crippen LogP contribution in [0.1, 0.15) is 12.0 Å². The van der Waals surface area contributed by atoms with Crippen molar-refractivity contribution in [3.8, 4) is 0 Å². The van der Waals surface area contributed by atoms with Gasteiger partial charge in [-0.3, -0.25) is 4.79 Å². The fourth-order valence-corrected chi connectivity index (χ4v) is 1.94. The minimum Gasteiger partial charge on any atom is -0.399 e. The Morgan fingerprint density at radius 2 is 2.11 bits per heavy atom. The summed E-state index contributed by atoms with van der Waals surface area (Å²) in [4.78, 5) is 11.4. The average Bonchev–Trinajstić information content (AvgIpc) is 2.25. The second-order valence-corrected chi connectivity index (χ2v) is 6.48. The molecular formula is C12H18N2O3S. The molecule has 0 aliphatic carbocycles. The van der Waals surface area contributed by atoms with E-state index in [1.165, 1.54) is 0 Å². The number of amides is 1. The number of benzene rings is 1. The quantitative estimate of drug-likeness (QED) is 0.730. The van der Waals surface area contributed by atoms with Gasteiger partial charge in [0.1, 0.15) is 9.84 Å². The molecule has 0 spiro atoms. The Hall–Kier alpha value is -1.56. The van der Waals surface area contributed by atoms with Gasteiger partial charge in [0.05, 0.1) is 5.75 Å². The molecule has 1 aromatic rings. The Bertz CT molecular complexity index is 512. The van der Waals surface area contributed by atoms with Crippen molar-refractivity contribution in [3.05, 3.63) is 29.8 Å². The van der Waals surface area contributed by atoms with Crippen molar-refractivity contribution in [2.75, 3.05) is 24.3 Å². The predicted octanol–water partition coefficient (Wildman–Crippen LogP) is 0.362. The highest BCUT2D eigenvalue weighted by Crippen LogP contribution is 2.08. The zero-order valence-electron chi connectivity index (χ0n) is 10.3. The van der Waals surface area contributed by atoms with Gasteiger partial charge in [-0.25, -0.2) is 8.42 Å². The monoisotopic (exact) mass is 270 g/mol. The van der Waals surface area contributed by atoms with Gasteiger partial charge in [-0.2, -0.15) is 0 Å². The van der Waals surface area contributed by atoms with E-state index in [9.17, 15) is 13.2 Å². The van der Waals surface area contributed by atoms with Crippen LogP contribution in [-0.4, -0.2) is 32.9 Å². The van der Waals surface area contributed by atoms with Crippen LogP contribution in [0.15, 0.2) is 24.3 Å². The number of nitrogens with one attached hydrogen (secondary N) is 1. The standard InChI is InChI=1S/C12H18N2O3S/c1-18(16,17)8-7-14-12(15)6-5-10-3-2-4-11(13)9-10/h2-4,9H,5-8,13H2,1H3,(H,14,15). The van der Waals surface area contributed by atoms with E-state index in [0.717, 1.165) is 11.8 Å². The molecule has 0 aliphatic heterocycles. The smallest absolute Gasteiger partial charge is 0.220 e. The summed E-state index contributed by atoms with van der Waals surface area (Å²) >= 11 is 0. The van der Waals surface area contributed by atoms with E-state index in [4.69, 9.17) is 5.73 Å². The van der Waals surface area contributed by atoms with Gasteiger partial charge in [-0.1, -0.05) is 12.1 Å². The van der Waals surface area contributed by atoms with Crippen molar-refractivity contribution < 1.29 is 13.2 Å². The van der Waals surface area contributed by atoms with Crippen LogP contribution in [0.4, 0.5) is 5.69 Å². The Labute approximate surface area is 107 Å². The van der Waals surface area contributed by atoms with Crippen molar-refractivity contribution in [2.45, 2.75) is 12.8 Å². The van der Waals surface area contributed by atoms with Gasteiger partial charge in [0.15, 0.2) is 0 Å². The molecule has 3 N–H and O–H groups in total. The SMILES string of the molecule is CS(=O)(=O)CCNC(=O)CCc1cccc(N)c1. The fourth-order valence-electron chi connectivity index (χ4n) is 1.47. The first-order valence-corrected chi connectivity index (χ1v) is 7.72. The maximum absolute atomic E-state index is 11.4. The lowest BCUT2D eigenvalue weighted by Crippen LogP contribution is -2.28. The average molecular weight is 270 g/mol. The Morgan fingerprint density at radius 1 is 1.39 bits per heavy atom. The molecule has 1 aromatic carbocycles. The molecule has 0 aliphatic rings. The first kappa shape index (κ1) is 14.5. The molecule has 5 nitrogen and oxygen atoms in total. The number of carbonyl (C=O) groups excluding carboxylic acids is 1. The third-order valence-electron chi connectivity index (χ3n) is 2.39. The van der Waals surface area contributed by atoms with Crippen molar-refractivity contribution in [1.82, 2.24) is 5.32 Å². The zero-order valence-corrected chi connectivity index (χ0v) is 11.2. The number of carbonyl (C=O) groups is 1. The molecule has 0 fully saturated rings. The van der Waals surface area contributed by atoms with Crippen LogP contribution < -0.4 is 11.1 Å². The molecule has 0 radical (unpaired) electrons. The fraction of sp³-hybridized carbons (Fsp3) is 0.417.